The van der Waals surface area contributed by atoms with Crippen LogP contribution in [-0.2, 0) is 9.59 Å². The van der Waals surface area contributed by atoms with E-state index in [2.05, 4.69) is 5.32 Å². The van der Waals surface area contributed by atoms with Crippen molar-refractivity contribution in [1.29, 1.82) is 0 Å². The Balaban J connectivity index is 1.31. The molecule has 2 aromatic carbocycles. The number of carbonyl (C=O) groups is 2. The first-order valence-corrected chi connectivity index (χ1v) is 10.4. The predicted molar refractivity (Wildman–Crippen MR) is 116 cm³/mol. The van der Waals surface area contributed by atoms with Crippen molar-refractivity contribution >= 4 is 23.2 Å². The molecule has 32 heavy (non-hydrogen) atoms. The first kappa shape index (κ1) is 21.6. The molecule has 0 saturated carbocycles. The van der Waals surface area contributed by atoms with Crippen molar-refractivity contribution in [2.24, 2.45) is 0 Å². The van der Waals surface area contributed by atoms with E-state index < -0.39 is 17.1 Å². The third kappa shape index (κ3) is 4.50. The second-order valence-corrected chi connectivity index (χ2v) is 7.66. The van der Waals surface area contributed by atoms with Crippen molar-refractivity contribution in [1.82, 2.24) is 9.80 Å². The molecule has 1 saturated heterocycles. The van der Waals surface area contributed by atoms with Gasteiger partial charge in [0.2, 0.25) is 12.0 Å². The molecule has 2 heterocycles. The Kier molecular flexibility index (Phi) is 6.22. The van der Waals surface area contributed by atoms with Gasteiger partial charge in [-0.05, 0) is 25.1 Å². The zero-order valence-corrected chi connectivity index (χ0v) is 17.6. The quantitative estimate of drug-likeness (QED) is 0.558. The van der Waals surface area contributed by atoms with E-state index in [1.54, 1.807) is 36.1 Å². The van der Waals surface area contributed by atoms with Crippen LogP contribution in [-0.4, -0.2) is 71.5 Å². The molecule has 1 fully saturated rings. The molecule has 0 radical (unpaired) electrons. The molecule has 2 amide bonds. The van der Waals surface area contributed by atoms with Crippen molar-refractivity contribution < 1.29 is 24.0 Å². The first-order chi connectivity index (χ1) is 15.4. The summed E-state index contributed by atoms with van der Waals surface area (Å²) in [6.07, 6.45) is -0.698. The van der Waals surface area contributed by atoms with Gasteiger partial charge in [0.05, 0.1) is 11.0 Å². The van der Waals surface area contributed by atoms with Crippen LogP contribution in [0.1, 0.15) is 6.92 Å². The number of rotatable bonds is 5. The fraction of sp³-hybridized carbons (Fsp3) is 0.364. The molecule has 2 aromatic rings. The number of hydrogen-bond acceptors (Lipinski definition) is 7. The lowest BCUT2D eigenvalue weighted by Crippen LogP contribution is -2.57. The number of amides is 2. The zero-order valence-electron chi connectivity index (χ0n) is 17.6. The minimum absolute atomic E-state index is 0.142. The van der Waals surface area contributed by atoms with E-state index in [0.29, 0.717) is 37.7 Å². The summed E-state index contributed by atoms with van der Waals surface area (Å²) in [5.74, 6) is 0.701. The smallest absolute Gasteiger partial charge is 0.292 e. The summed E-state index contributed by atoms with van der Waals surface area (Å²) in [4.78, 5) is 39.8. The van der Waals surface area contributed by atoms with Crippen molar-refractivity contribution in [3.8, 4) is 11.5 Å². The first-order valence-electron chi connectivity index (χ1n) is 10.4. The second kappa shape index (κ2) is 9.23. The Labute approximate surface area is 184 Å². The summed E-state index contributed by atoms with van der Waals surface area (Å²) in [6, 6.07) is 12.8. The molecular formula is C22H24N4O6. The highest BCUT2D eigenvalue weighted by atomic mass is 16.6. The Hall–Kier alpha value is -3.66. The summed E-state index contributed by atoms with van der Waals surface area (Å²) >= 11 is 0. The molecule has 0 aromatic heterocycles. The van der Waals surface area contributed by atoms with Gasteiger partial charge in [-0.25, -0.2) is 0 Å². The minimum Gasteiger partial charge on any atom is -0.485 e. The van der Waals surface area contributed by atoms with Crippen molar-refractivity contribution in [2.45, 2.75) is 19.1 Å². The number of nitro groups is 1. The Morgan fingerprint density at radius 1 is 1.06 bits per heavy atom. The van der Waals surface area contributed by atoms with E-state index in [1.807, 2.05) is 17.0 Å². The van der Waals surface area contributed by atoms with Crippen LogP contribution in [0.4, 0.5) is 11.4 Å². The number of fused-ring (bicyclic) bond motifs is 1. The predicted octanol–water partition coefficient (Wildman–Crippen LogP) is 1.91. The maximum atomic E-state index is 12.9. The van der Waals surface area contributed by atoms with E-state index in [9.17, 15) is 19.7 Å². The van der Waals surface area contributed by atoms with E-state index in [-0.39, 0.29) is 29.8 Å². The normalized spacial score (nSPS) is 19.2. The van der Waals surface area contributed by atoms with Crippen LogP contribution in [0, 0.1) is 10.1 Å². The number of piperazine rings is 1. The number of nitrogens with zero attached hydrogens (tertiary/aromatic N) is 3. The fourth-order valence-corrected chi connectivity index (χ4v) is 3.82. The largest absolute Gasteiger partial charge is 0.485 e. The highest BCUT2D eigenvalue weighted by Crippen LogP contribution is 2.31. The van der Waals surface area contributed by atoms with Crippen LogP contribution in [0.5, 0.6) is 11.5 Å². The molecule has 2 aliphatic rings. The zero-order chi connectivity index (χ0) is 22.7. The second-order valence-electron chi connectivity index (χ2n) is 7.66. The molecule has 1 N–H and O–H groups in total. The van der Waals surface area contributed by atoms with Crippen LogP contribution in [0.2, 0.25) is 0 Å². The van der Waals surface area contributed by atoms with Crippen molar-refractivity contribution in [3.05, 3.63) is 58.6 Å². The van der Waals surface area contributed by atoms with Gasteiger partial charge >= 0.3 is 0 Å². The van der Waals surface area contributed by atoms with E-state index >= 15 is 0 Å². The molecule has 4 rings (SSSR count). The van der Waals surface area contributed by atoms with Gasteiger partial charge in [0, 0.05) is 32.2 Å². The highest BCUT2D eigenvalue weighted by molar-refractivity contribution is 5.96. The number of nitro benzene ring substituents is 1. The SMILES string of the molecule is CC(C(=O)Nc1ccccc1[N+](=O)[O-])N1CCN(C(=O)C2COc3ccccc3O2)CC1. The number of para-hydroxylation sites is 4. The van der Waals surface area contributed by atoms with Crippen molar-refractivity contribution in [2.75, 3.05) is 38.1 Å². The minimum atomic E-state index is -0.698. The topological polar surface area (TPSA) is 114 Å². The lowest BCUT2D eigenvalue weighted by atomic mass is 10.2. The number of benzene rings is 2. The number of ether oxygens (including phenoxy) is 2. The van der Waals surface area contributed by atoms with Crippen LogP contribution in [0.3, 0.4) is 0 Å². The molecule has 168 valence electrons. The molecule has 0 spiro atoms. The van der Waals surface area contributed by atoms with Gasteiger partial charge in [-0.2, -0.15) is 0 Å². The molecule has 2 aliphatic heterocycles. The van der Waals surface area contributed by atoms with Gasteiger partial charge in [0.1, 0.15) is 12.3 Å². The Morgan fingerprint density at radius 2 is 1.72 bits per heavy atom. The average molecular weight is 440 g/mol. The fourth-order valence-electron chi connectivity index (χ4n) is 3.82. The van der Waals surface area contributed by atoms with Crippen LogP contribution < -0.4 is 14.8 Å². The number of anilines is 1. The summed E-state index contributed by atoms with van der Waals surface area (Å²) in [5.41, 5.74) is 0.0117. The molecule has 2 atom stereocenters. The van der Waals surface area contributed by atoms with E-state index in [1.165, 1.54) is 12.1 Å². The molecular weight excluding hydrogens is 416 g/mol. The molecule has 10 nitrogen and oxygen atoms in total. The maximum absolute atomic E-state index is 12.9. The summed E-state index contributed by atoms with van der Waals surface area (Å²) in [5, 5.41) is 13.8. The van der Waals surface area contributed by atoms with E-state index in [4.69, 9.17) is 9.47 Å². The van der Waals surface area contributed by atoms with Gasteiger partial charge in [-0.15, -0.1) is 0 Å². The van der Waals surface area contributed by atoms with Crippen LogP contribution in [0.25, 0.3) is 0 Å². The lowest BCUT2D eigenvalue weighted by Gasteiger charge is -2.39. The average Bonchev–Trinajstić information content (AvgIpc) is 2.83. The summed E-state index contributed by atoms with van der Waals surface area (Å²) in [7, 11) is 0. The third-order valence-corrected chi connectivity index (χ3v) is 5.70. The van der Waals surface area contributed by atoms with Crippen LogP contribution in [0.15, 0.2) is 48.5 Å². The Bertz CT molecular complexity index is 1020. The highest BCUT2D eigenvalue weighted by Gasteiger charge is 2.34. The third-order valence-electron chi connectivity index (χ3n) is 5.70. The van der Waals surface area contributed by atoms with Gasteiger partial charge in [0.15, 0.2) is 11.5 Å². The molecule has 10 heteroatoms. The maximum Gasteiger partial charge on any atom is 0.292 e. The van der Waals surface area contributed by atoms with Gasteiger partial charge < -0.3 is 19.7 Å². The molecule has 0 bridgehead atoms. The molecule has 0 aliphatic carbocycles. The molecule has 2 unspecified atom stereocenters. The summed E-state index contributed by atoms with van der Waals surface area (Å²) < 4.78 is 11.4. The van der Waals surface area contributed by atoms with Gasteiger partial charge in [-0.1, -0.05) is 24.3 Å². The van der Waals surface area contributed by atoms with Crippen molar-refractivity contribution in [3.63, 3.8) is 0 Å². The van der Waals surface area contributed by atoms with Gasteiger partial charge in [0.25, 0.3) is 11.6 Å². The number of nitrogens with one attached hydrogen (secondary N) is 1. The monoisotopic (exact) mass is 440 g/mol. The number of carbonyl (C=O) groups excluding carboxylic acids is 2. The number of hydrogen-bond donors (Lipinski definition) is 1. The standard InChI is InChI=1S/C22H24N4O6/c1-15(21(27)23-16-6-2-3-7-17(16)26(29)30)24-10-12-25(13-11-24)22(28)20-14-31-18-8-4-5-9-19(18)32-20/h2-9,15,20H,10-14H2,1H3,(H,23,27). The summed E-state index contributed by atoms with van der Waals surface area (Å²) in [6.45, 7) is 3.80. The van der Waals surface area contributed by atoms with E-state index in [0.717, 1.165) is 0 Å². The Morgan fingerprint density at radius 3 is 2.44 bits per heavy atom. The van der Waals surface area contributed by atoms with Gasteiger partial charge in [-0.3, -0.25) is 24.6 Å². The van der Waals surface area contributed by atoms with Crippen LogP contribution >= 0.6 is 0 Å². The lowest BCUT2D eigenvalue weighted by molar-refractivity contribution is -0.383.